The molecule has 11 nitrogen and oxygen atoms in total. The lowest BCUT2D eigenvalue weighted by molar-refractivity contribution is -0.121. The Morgan fingerprint density at radius 3 is 2.44 bits per heavy atom. The standard InChI is InChI=1S/C34H35ClN8O3S2/c1-17-19(3)47-33-29(17)30(22-10-12-23(35)13-11-22)39-26(31-42-41-21(5)43(31)33)16-28(45)36-15-14-27(44)38-25-9-7-6-8-24(25)32(46)40-34-37-18(2)20(4)48-34/h6-13,21,26,41H,14-16H2,1-5H3,(H,36,45)(H,38,44)(H,37,40,46)/t21?,26-/m0/s1. The molecule has 0 spiro atoms. The number of amidine groups is 1. The van der Waals surface area contributed by atoms with E-state index in [-0.39, 0.29) is 43.3 Å². The highest BCUT2D eigenvalue weighted by Gasteiger charge is 2.39. The summed E-state index contributed by atoms with van der Waals surface area (Å²) in [4.78, 5) is 53.1. The molecule has 3 amide bonds. The molecule has 2 aromatic heterocycles. The van der Waals surface area contributed by atoms with Crippen molar-refractivity contribution in [3.8, 4) is 0 Å². The van der Waals surface area contributed by atoms with E-state index in [0.29, 0.717) is 27.2 Å². The van der Waals surface area contributed by atoms with Gasteiger partial charge in [-0.2, -0.15) is 5.10 Å². The Bertz CT molecular complexity index is 1950. The number of nitrogens with one attached hydrogen (secondary N) is 4. The number of hydrogen-bond acceptors (Lipinski definition) is 10. The number of thiophene rings is 1. The lowest BCUT2D eigenvalue weighted by Gasteiger charge is -2.24. The second-order valence-electron chi connectivity index (χ2n) is 11.6. The van der Waals surface area contributed by atoms with Crippen molar-refractivity contribution in [2.75, 3.05) is 22.1 Å². The molecular formula is C34H35ClN8O3S2. The van der Waals surface area contributed by atoms with Gasteiger partial charge in [0, 0.05) is 38.9 Å². The van der Waals surface area contributed by atoms with Gasteiger partial charge in [-0.25, -0.2) is 4.98 Å². The maximum Gasteiger partial charge on any atom is 0.259 e. The fourth-order valence-corrected chi connectivity index (χ4v) is 7.72. The molecule has 48 heavy (non-hydrogen) atoms. The van der Waals surface area contributed by atoms with Crippen molar-refractivity contribution in [3.63, 3.8) is 0 Å². The van der Waals surface area contributed by atoms with Crippen molar-refractivity contribution in [1.29, 1.82) is 0 Å². The average molecular weight is 703 g/mol. The van der Waals surface area contributed by atoms with Gasteiger partial charge in [0.15, 0.2) is 11.0 Å². The normalized spacial score (nSPS) is 16.6. The number of carbonyl (C=O) groups is 3. The smallest absolute Gasteiger partial charge is 0.259 e. The summed E-state index contributed by atoms with van der Waals surface area (Å²) in [6, 6.07) is 13.7. The minimum Gasteiger partial charge on any atom is -0.356 e. The van der Waals surface area contributed by atoms with E-state index in [4.69, 9.17) is 16.6 Å². The van der Waals surface area contributed by atoms with Crippen molar-refractivity contribution < 1.29 is 14.4 Å². The fraction of sp³-hybridized carbons (Fsp3) is 0.294. The molecule has 4 aromatic rings. The second-order valence-corrected chi connectivity index (χ2v) is 14.5. The molecule has 0 radical (unpaired) electrons. The van der Waals surface area contributed by atoms with Crippen LogP contribution in [0.25, 0.3) is 0 Å². The molecule has 248 valence electrons. The van der Waals surface area contributed by atoms with Crippen LogP contribution in [0.15, 0.2) is 58.6 Å². The molecule has 6 rings (SSSR count). The highest BCUT2D eigenvalue weighted by Crippen LogP contribution is 2.41. The highest BCUT2D eigenvalue weighted by atomic mass is 35.5. The first-order chi connectivity index (χ1) is 23.0. The third kappa shape index (κ3) is 6.84. The number of para-hydroxylation sites is 1. The molecule has 2 aromatic carbocycles. The zero-order chi connectivity index (χ0) is 34.1. The Kier molecular flexibility index (Phi) is 9.63. The van der Waals surface area contributed by atoms with Crippen LogP contribution in [-0.4, -0.2) is 53.0 Å². The van der Waals surface area contributed by atoms with Crippen molar-refractivity contribution in [1.82, 2.24) is 15.7 Å². The van der Waals surface area contributed by atoms with Crippen LogP contribution in [0.4, 0.5) is 15.8 Å². The molecule has 4 heterocycles. The highest BCUT2D eigenvalue weighted by molar-refractivity contribution is 7.17. The van der Waals surface area contributed by atoms with Gasteiger partial charge in [-0.05, 0) is 64.4 Å². The average Bonchev–Trinajstić information content (AvgIpc) is 3.65. The lowest BCUT2D eigenvalue weighted by Crippen LogP contribution is -2.43. The van der Waals surface area contributed by atoms with Gasteiger partial charge in [0.2, 0.25) is 11.8 Å². The minimum absolute atomic E-state index is 0.0118. The van der Waals surface area contributed by atoms with Gasteiger partial charge in [0.05, 0.1) is 29.1 Å². The summed E-state index contributed by atoms with van der Waals surface area (Å²) < 4.78 is 0. The number of aryl methyl sites for hydroxylation is 3. The third-order valence-corrected chi connectivity index (χ3v) is 10.7. The number of halogens is 1. The van der Waals surface area contributed by atoms with E-state index in [1.165, 1.54) is 16.2 Å². The number of benzene rings is 2. The first-order valence-corrected chi connectivity index (χ1v) is 17.5. The number of anilines is 3. The van der Waals surface area contributed by atoms with E-state index < -0.39 is 6.04 Å². The third-order valence-electron chi connectivity index (χ3n) is 8.27. The topological polar surface area (TPSA) is 140 Å². The molecule has 0 saturated carbocycles. The molecular weight excluding hydrogens is 668 g/mol. The minimum atomic E-state index is -0.572. The van der Waals surface area contributed by atoms with Crippen LogP contribution >= 0.6 is 34.3 Å². The Morgan fingerprint density at radius 1 is 0.958 bits per heavy atom. The maximum absolute atomic E-state index is 13.3. The molecule has 2 aliphatic heterocycles. The zero-order valence-electron chi connectivity index (χ0n) is 27.1. The number of aromatic nitrogens is 1. The number of hydrazone groups is 1. The second kappa shape index (κ2) is 13.9. The van der Waals surface area contributed by atoms with Crippen LogP contribution < -0.4 is 26.3 Å². The van der Waals surface area contributed by atoms with Crippen molar-refractivity contribution in [2.24, 2.45) is 10.1 Å². The quantitative estimate of drug-likeness (QED) is 0.165. The molecule has 0 aliphatic carbocycles. The van der Waals surface area contributed by atoms with Crippen molar-refractivity contribution in [2.45, 2.75) is 59.7 Å². The van der Waals surface area contributed by atoms with Gasteiger partial charge in [-0.1, -0.05) is 35.9 Å². The Hall–Kier alpha value is -4.59. The molecule has 0 bridgehead atoms. The van der Waals surface area contributed by atoms with Crippen LogP contribution in [0.1, 0.15) is 62.3 Å². The van der Waals surface area contributed by atoms with E-state index in [9.17, 15) is 14.4 Å². The number of nitrogens with zero attached hydrogens (tertiary/aromatic N) is 4. The Morgan fingerprint density at radius 2 is 1.71 bits per heavy atom. The van der Waals surface area contributed by atoms with Gasteiger partial charge in [-0.3, -0.25) is 35.0 Å². The summed E-state index contributed by atoms with van der Waals surface area (Å²) in [6.45, 7) is 10.1. The summed E-state index contributed by atoms with van der Waals surface area (Å²) in [5, 5.41) is 15.2. The number of hydrogen-bond donors (Lipinski definition) is 4. The predicted octanol–water partition coefficient (Wildman–Crippen LogP) is 6.17. The van der Waals surface area contributed by atoms with Crippen LogP contribution in [0.3, 0.4) is 0 Å². The molecule has 1 unspecified atom stereocenters. The first-order valence-electron chi connectivity index (χ1n) is 15.5. The number of rotatable bonds is 9. The number of amides is 3. The number of thiazole rings is 1. The fourth-order valence-electron chi connectivity index (χ4n) is 5.54. The summed E-state index contributed by atoms with van der Waals surface area (Å²) in [7, 11) is 0. The lowest BCUT2D eigenvalue weighted by atomic mass is 9.99. The zero-order valence-corrected chi connectivity index (χ0v) is 29.5. The predicted molar refractivity (Wildman–Crippen MR) is 194 cm³/mol. The SMILES string of the molecule is Cc1nc(NC(=O)c2ccccc2NC(=O)CCNC(=O)C[C@@H]2N=C(c3ccc(Cl)cc3)c3c(sc(C)c3C)N3C2=NNC3C)sc1C. The Balaban J connectivity index is 1.13. The summed E-state index contributed by atoms with van der Waals surface area (Å²) >= 11 is 9.28. The van der Waals surface area contributed by atoms with E-state index >= 15 is 0 Å². The largest absolute Gasteiger partial charge is 0.356 e. The van der Waals surface area contributed by atoms with Crippen LogP contribution in [-0.2, 0) is 9.59 Å². The summed E-state index contributed by atoms with van der Waals surface area (Å²) in [5.41, 5.74) is 8.53. The van der Waals surface area contributed by atoms with Crippen molar-refractivity contribution in [3.05, 3.63) is 91.3 Å². The first kappa shape index (κ1) is 33.3. The van der Waals surface area contributed by atoms with Gasteiger partial charge < -0.3 is 10.6 Å². The molecule has 2 aliphatic rings. The van der Waals surface area contributed by atoms with E-state index in [0.717, 1.165) is 38.0 Å². The van der Waals surface area contributed by atoms with E-state index in [1.807, 2.05) is 45.0 Å². The monoisotopic (exact) mass is 702 g/mol. The van der Waals surface area contributed by atoms with Crippen molar-refractivity contribution >= 4 is 79.4 Å². The number of carbonyl (C=O) groups excluding carboxylic acids is 3. The molecule has 0 fully saturated rings. The molecule has 4 N–H and O–H groups in total. The van der Waals surface area contributed by atoms with Gasteiger partial charge >= 0.3 is 0 Å². The van der Waals surface area contributed by atoms with Gasteiger partial charge in [-0.15, -0.1) is 22.7 Å². The number of aliphatic imine (C=N–C) groups is 1. The maximum atomic E-state index is 13.3. The van der Waals surface area contributed by atoms with Crippen LogP contribution in [0.5, 0.6) is 0 Å². The van der Waals surface area contributed by atoms with Gasteiger partial charge in [0.1, 0.15) is 17.2 Å². The van der Waals surface area contributed by atoms with Crippen LogP contribution in [0, 0.1) is 27.7 Å². The molecule has 2 atom stereocenters. The summed E-state index contributed by atoms with van der Waals surface area (Å²) in [5.74, 6) is -0.308. The van der Waals surface area contributed by atoms with Crippen LogP contribution in [0.2, 0.25) is 5.02 Å². The Labute approximate surface area is 291 Å². The van der Waals surface area contributed by atoms with E-state index in [2.05, 4.69) is 50.2 Å². The number of fused-ring (bicyclic) bond motifs is 3. The summed E-state index contributed by atoms with van der Waals surface area (Å²) in [6.07, 6.45) is -0.0727. The van der Waals surface area contributed by atoms with E-state index in [1.54, 1.807) is 35.6 Å². The van der Waals surface area contributed by atoms with Gasteiger partial charge in [0.25, 0.3) is 5.91 Å². The molecule has 0 saturated heterocycles. The molecule has 14 heteroatoms.